The van der Waals surface area contributed by atoms with Gasteiger partial charge in [0.05, 0.1) is 12.1 Å². The van der Waals surface area contributed by atoms with Crippen LogP contribution in [0.5, 0.6) is 5.75 Å². The number of hydrogen-bond acceptors (Lipinski definition) is 7. The minimum Gasteiger partial charge on any atom is -0.480 e. The van der Waals surface area contributed by atoms with Gasteiger partial charge < -0.3 is 9.47 Å². The van der Waals surface area contributed by atoms with E-state index in [0.717, 1.165) is 0 Å². The molecule has 1 aromatic carbocycles. The first-order valence-corrected chi connectivity index (χ1v) is 6.97. The average Bonchev–Trinajstić information content (AvgIpc) is 2.82. The Morgan fingerprint density at radius 1 is 1.45 bits per heavy atom. The molecule has 0 radical (unpaired) electrons. The standard InChI is InChI=1S/C10H11N3O6S/c1-2-18-8(14)5-19-7-4-3-6-9(12-13-11-6)10(7)20(15,16)17/h3-4H,2,5H2,1H3,(H,11,12,13)(H,15,16,17). The second-order valence-corrected chi connectivity index (χ2v) is 5.03. The van der Waals surface area contributed by atoms with Crippen LogP contribution in [0.3, 0.4) is 0 Å². The summed E-state index contributed by atoms with van der Waals surface area (Å²) in [5.74, 6) is -0.865. The van der Waals surface area contributed by atoms with Crippen LogP contribution in [0, 0.1) is 0 Å². The Balaban J connectivity index is 2.40. The summed E-state index contributed by atoms with van der Waals surface area (Å²) in [7, 11) is -4.59. The largest absolute Gasteiger partial charge is 0.480 e. The molecule has 0 aliphatic rings. The van der Waals surface area contributed by atoms with Gasteiger partial charge in [-0.15, -0.1) is 5.10 Å². The van der Waals surface area contributed by atoms with Crippen molar-refractivity contribution in [2.45, 2.75) is 11.8 Å². The van der Waals surface area contributed by atoms with Crippen LogP contribution in [0.25, 0.3) is 11.0 Å². The van der Waals surface area contributed by atoms with Gasteiger partial charge in [-0.3, -0.25) is 9.65 Å². The third-order valence-corrected chi connectivity index (χ3v) is 3.24. The van der Waals surface area contributed by atoms with Crippen LogP contribution in [-0.4, -0.2) is 47.6 Å². The minimum atomic E-state index is -4.59. The molecule has 0 saturated heterocycles. The minimum absolute atomic E-state index is 0.0751. The molecule has 2 aromatic rings. The van der Waals surface area contributed by atoms with Gasteiger partial charge in [-0.1, -0.05) is 5.21 Å². The number of aromatic amines is 1. The summed E-state index contributed by atoms with van der Waals surface area (Å²) in [6.07, 6.45) is 0. The summed E-state index contributed by atoms with van der Waals surface area (Å²) < 4.78 is 41.8. The molecule has 0 aliphatic heterocycles. The molecule has 0 fully saturated rings. The van der Waals surface area contributed by atoms with E-state index < -0.39 is 27.6 Å². The first kappa shape index (κ1) is 14.2. The number of nitrogens with zero attached hydrogens (tertiary/aromatic N) is 2. The summed E-state index contributed by atoms with van der Waals surface area (Å²) >= 11 is 0. The van der Waals surface area contributed by atoms with Crippen molar-refractivity contribution in [3.05, 3.63) is 12.1 Å². The van der Waals surface area contributed by atoms with Crippen LogP contribution in [-0.2, 0) is 19.6 Å². The second kappa shape index (κ2) is 5.43. The molecule has 0 saturated carbocycles. The van der Waals surface area contributed by atoms with E-state index in [9.17, 15) is 17.8 Å². The fraction of sp³-hybridized carbons (Fsp3) is 0.300. The third kappa shape index (κ3) is 2.86. The zero-order valence-electron chi connectivity index (χ0n) is 10.4. The Morgan fingerprint density at radius 3 is 2.85 bits per heavy atom. The van der Waals surface area contributed by atoms with E-state index >= 15 is 0 Å². The number of carbonyl (C=O) groups is 1. The number of H-pyrrole nitrogens is 1. The van der Waals surface area contributed by atoms with Crippen LogP contribution in [0.15, 0.2) is 17.0 Å². The monoisotopic (exact) mass is 301 g/mol. The van der Waals surface area contributed by atoms with Crippen LogP contribution in [0.4, 0.5) is 0 Å². The molecule has 0 amide bonds. The summed E-state index contributed by atoms with van der Waals surface area (Å²) in [5, 5.41) is 9.47. The molecular formula is C10H11N3O6S. The zero-order chi connectivity index (χ0) is 14.8. The van der Waals surface area contributed by atoms with Gasteiger partial charge in [-0.2, -0.15) is 8.42 Å². The third-order valence-electron chi connectivity index (χ3n) is 2.32. The number of benzene rings is 1. The first-order valence-electron chi connectivity index (χ1n) is 5.53. The summed E-state index contributed by atoms with van der Waals surface area (Å²) in [6.45, 7) is 1.32. The Labute approximate surface area is 113 Å². The highest BCUT2D eigenvalue weighted by Gasteiger charge is 2.23. The summed E-state index contributed by atoms with van der Waals surface area (Å²) in [5.41, 5.74) is 0.231. The molecule has 0 aliphatic carbocycles. The van der Waals surface area contributed by atoms with Gasteiger partial charge in [-0.05, 0) is 19.1 Å². The molecule has 10 heteroatoms. The van der Waals surface area contributed by atoms with Crippen molar-refractivity contribution in [1.82, 2.24) is 15.4 Å². The van der Waals surface area contributed by atoms with Gasteiger partial charge in [0.25, 0.3) is 0 Å². The molecule has 0 atom stereocenters. The van der Waals surface area contributed by atoms with Gasteiger partial charge in [-0.25, -0.2) is 4.79 Å². The number of nitrogens with one attached hydrogen (secondary N) is 1. The molecular weight excluding hydrogens is 290 g/mol. The van der Waals surface area contributed by atoms with E-state index in [1.54, 1.807) is 6.92 Å². The number of carbonyl (C=O) groups excluding carboxylic acids is 1. The highest BCUT2D eigenvalue weighted by molar-refractivity contribution is 7.86. The van der Waals surface area contributed by atoms with Crippen molar-refractivity contribution in [1.29, 1.82) is 0 Å². The maximum atomic E-state index is 11.4. The molecule has 9 nitrogen and oxygen atoms in total. The van der Waals surface area contributed by atoms with Crippen molar-refractivity contribution in [2.75, 3.05) is 13.2 Å². The molecule has 108 valence electrons. The maximum Gasteiger partial charge on any atom is 0.344 e. The molecule has 0 bridgehead atoms. The molecule has 1 heterocycles. The fourth-order valence-corrected chi connectivity index (χ4v) is 2.35. The average molecular weight is 301 g/mol. The van der Waals surface area contributed by atoms with E-state index in [1.165, 1.54) is 12.1 Å². The number of hydrogen-bond donors (Lipinski definition) is 2. The van der Waals surface area contributed by atoms with E-state index in [2.05, 4.69) is 20.1 Å². The number of ether oxygens (including phenoxy) is 2. The van der Waals surface area contributed by atoms with Gasteiger partial charge in [0.1, 0.15) is 11.3 Å². The maximum absolute atomic E-state index is 11.4. The highest BCUT2D eigenvalue weighted by atomic mass is 32.2. The van der Waals surface area contributed by atoms with Crippen LogP contribution in [0.1, 0.15) is 6.92 Å². The van der Waals surface area contributed by atoms with Gasteiger partial charge in [0, 0.05) is 0 Å². The van der Waals surface area contributed by atoms with Crippen molar-refractivity contribution >= 4 is 27.1 Å². The molecule has 2 N–H and O–H groups in total. The Hall–Kier alpha value is -2.20. The molecule has 2 rings (SSSR count). The van der Waals surface area contributed by atoms with Crippen molar-refractivity contribution in [3.63, 3.8) is 0 Å². The van der Waals surface area contributed by atoms with Gasteiger partial charge in [0.15, 0.2) is 11.5 Å². The van der Waals surface area contributed by atoms with Crippen LogP contribution < -0.4 is 4.74 Å². The zero-order valence-corrected chi connectivity index (χ0v) is 11.2. The Kier molecular flexibility index (Phi) is 3.86. The number of rotatable bonds is 5. The lowest BCUT2D eigenvalue weighted by atomic mass is 10.3. The molecule has 20 heavy (non-hydrogen) atoms. The molecule has 1 aromatic heterocycles. The predicted octanol–water partition coefficient (Wildman–Crippen LogP) is 0.147. The fourth-order valence-electron chi connectivity index (χ4n) is 1.57. The highest BCUT2D eigenvalue weighted by Crippen LogP contribution is 2.29. The number of aromatic nitrogens is 3. The van der Waals surface area contributed by atoms with Crippen molar-refractivity contribution < 1.29 is 27.2 Å². The lowest BCUT2D eigenvalue weighted by Gasteiger charge is -2.09. The summed E-state index contributed by atoms with van der Waals surface area (Å²) in [6, 6.07) is 2.75. The first-order chi connectivity index (χ1) is 9.43. The topological polar surface area (TPSA) is 131 Å². The van der Waals surface area contributed by atoms with Crippen molar-refractivity contribution in [2.24, 2.45) is 0 Å². The second-order valence-electron chi connectivity index (χ2n) is 3.67. The number of fused-ring (bicyclic) bond motifs is 1. The predicted molar refractivity (Wildman–Crippen MR) is 65.8 cm³/mol. The van der Waals surface area contributed by atoms with Crippen LogP contribution >= 0.6 is 0 Å². The van der Waals surface area contributed by atoms with Gasteiger partial charge in [0.2, 0.25) is 0 Å². The van der Waals surface area contributed by atoms with E-state index in [1.807, 2.05) is 0 Å². The van der Waals surface area contributed by atoms with E-state index in [4.69, 9.17) is 4.74 Å². The quantitative estimate of drug-likeness (QED) is 0.589. The number of esters is 1. The molecule has 0 spiro atoms. The lowest BCUT2D eigenvalue weighted by molar-refractivity contribution is -0.145. The Bertz CT molecular complexity index is 739. The smallest absolute Gasteiger partial charge is 0.344 e. The van der Waals surface area contributed by atoms with E-state index in [-0.39, 0.29) is 17.9 Å². The Morgan fingerprint density at radius 2 is 2.20 bits per heavy atom. The van der Waals surface area contributed by atoms with E-state index in [0.29, 0.717) is 5.52 Å². The van der Waals surface area contributed by atoms with Crippen molar-refractivity contribution in [3.8, 4) is 5.75 Å². The normalized spacial score (nSPS) is 11.5. The SMILES string of the molecule is CCOC(=O)COc1ccc2[nH]nnc2c1S(=O)(=O)O. The summed E-state index contributed by atoms with van der Waals surface area (Å²) in [4.78, 5) is 10.6. The molecule has 0 unspecified atom stereocenters. The van der Waals surface area contributed by atoms with Crippen LogP contribution in [0.2, 0.25) is 0 Å². The van der Waals surface area contributed by atoms with Gasteiger partial charge >= 0.3 is 16.1 Å². The lowest BCUT2D eigenvalue weighted by Crippen LogP contribution is -2.16.